The Hall–Kier alpha value is 3.01. The molecule has 76 valence electrons. The third kappa shape index (κ3) is 174. The first kappa shape index (κ1) is 19.6. The van der Waals surface area contributed by atoms with Crippen molar-refractivity contribution in [3.8, 4) is 0 Å². The van der Waals surface area contributed by atoms with Crippen LogP contribution in [0.2, 0.25) is 0 Å². The van der Waals surface area contributed by atoms with E-state index in [1.54, 1.807) is 0 Å². The van der Waals surface area contributed by atoms with E-state index in [4.69, 9.17) is 0 Å². The van der Waals surface area contributed by atoms with Gasteiger partial charge in [0.15, 0.2) is 0 Å². The average Bonchev–Trinajstić information content (AvgIpc) is 1.60. The van der Waals surface area contributed by atoms with Crippen molar-refractivity contribution in [2.45, 2.75) is 0 Å². The summed E-state index contributed by atoms with van der Waals surface area (Å²) in [6.45, 7) is 13.6. The summed E-state index contributed by atoms with van der Waals surface area (Å²) in [5.41, 5.74) is 0. The topological polar surface area (TPSA) is 0 Å². The fourth-order valence-electron chi connectivity index (χ4n) is 0. The summed E-state index contributed by atoms with van der Waals surface area (Å²) in [4.78, 5) is 0. The van der Waals surface area contributed by atoms with Crippen LogP contribution in [0.5, 0.6) is 0 Å². The molecule has 0 aliphatic carbocycles. The molecule has 0 bridgehead atoms. The molecule has 0 spiro atoms. The second-order valence-corrected chi connectivity index (χ2v) is 25.6. The Morgan fingerprint density at radius 2 is 0.727 bits per heavy atom. The molecule has 0 unspecified atom stereocenters. The van der Waals surface area contributed by atoms with E-state index < -0.39 is 0 Å². The Bertz CT molecular complexity index is 42.3. The zero-order valence-corrected chi connectivity index (χ0v) is 16.7. The molecular formula is C6H20I2P2Pt+2. The molecule has 0 rings (SSSR count). The molecule has 11 heavy (non-hydrogen) atoms. The van der Waals surface area contributed by atoms with E-state index in [2.05, 4.69) is 78.7 Å². The Balaban J connectivity index is -0.0000000886. The zero-order chi connectivity index (χ0) is 9.86. The van der Waals surface area contributed by atoms with Gasteiger partial charge in [-0.05, 0) is 15.8 Å². The van der Waals surface area contributed by atoms with Gasteiger partial charge in [0.1, 0.15) is 0 Å². The number of hydrogen-bond acceptors (Lipinski definition) is 0. The number of halogens is 2. The summed E-state index contributed by atoms with van der Waals surface area (Å²) in [5, 5.41) is 0. The van der Waals surface area contributed by atoms with E-state index in [-0.39, 0.29) is 15.8 Å². The molecule has 0 aliphatic heterocycles. The SMILES string of the molecule is C[PH+](C)C.C[PH+](C)C.[I][Pt][I]. The maximum absolute atomic E-state index is 2.39. The van der Waals surface area contributed by atoms with Gasteiger partial charge in [0, 0.05) is 40.0 Å². The van der Waals surface area contributed by atoms with Gasteiger partial charge in [-0.2, -0.15) is 0 Å². The standard InChI is InChI=1S/2C3H9P.2HI.Pt/c2*1-4(2)3;;;/h2*1-3H3;2*1H;/q;;;;+2. The summed E-state index contributed by atoms with van der Waals surface area (Å²) in [7, 11) is 0.241. The van der Waals surface area contributed by atoms with Crippen LogP contribution in [0, 0.1) is 0 Å². The van der Waals surface area contributed by atoms with Gasteiger partial charge in [-0.1, -0.05) is 0 Å². The molecule has 5 heteroatoms. The monoisotopic (exact) mass is 603 g/mol. The van der Waals surface area contributed by atoms with Gasteiger partial charge in [0.2, 0.25) is 0 Å². The fourth-order valence-corrected chi connectivity index (χ4v) is 0. The van der Waals surface area contributed by atoms with Crippen LogP contribution in [0.25, 0.3) is 0 Å². The molecule has 0 fully saturated rings. The van der Waals surface area contributed by atoms with Crippen molar-refractivity contribution in [3.05, 3.63) is 0 Å². The quantitative estimate of drug-likeness (QED) is 0.291. The Labute approximate surface area is 104 Å². The molecular weight excluding hydrogens is 583 g/mol. The number of hydrogen-bond donors (Lipinski definition) is 0. The van der Waals surface area contributed by atoms with Crippen molar-refractivity contribution in [1.29, 1.82) is 0 Å². The second-order valence-electron chi connectivity index (χ2n) is 3.05. The Morgan fingerprint density at radius 1 is 0.727 bits per heavy atom. The van der Waals surface area contributed by atoms with E-state index >= 15 is 0 Å². The van der Waals surface area contributed by atoms with Gasteiger partial charge in [0.05, 0.1) is 0 Å². The van der Waals surface area contributed by atoms with Gasteiger partial charge in [-0.3, -0.25) is 0 Å². The Kier molecular flexibility index (Phi) is 33.3. The summed E-state index contributed by atoms with van der Waals surface area (Å²) in [6, 6.07) is 0. The third-order valence-corrected chi connectivity index (χ3v) is 0. The molecule has 0 saturated heterocycles. The van der Waals surface area contributed by atoms with Crippen LogP contribution in [0.1, 0.15) is 0 Å². The van der Waals surface area contributed by atoms with Gasteiger partial charge in [0.25, 0.3) is 0 Å². The van der Waals surface area contributed by atoms with Crippen molar-refractivity contribution < 1.29 is 11.2 Å². The van der Waals surface area contributed by atoms with Crippen LogP contribution in [0.3, 0.4) is 0 Å². The predicted octanol–water partition coefficient (Wildman–Crippen LogP) is 3.95. The first-order chi connectivity index (χ1) is 4.88. The van der Waals surface area contributed by atoms with E-state index in [0.717, 1.165) is 0 Å². The molecule has 0 heterocycles. The van der Waals surface area contributed by atoms with E-state index in [9.17, 15) is 0 Å². The van der Waals surface area contributed by atoms with Crippen molar-refractivity contribution >= 4 is 54.5 Å². The Morgan fingerprint density at radius 3 is 0.727 bits per heavy atom. The molecule has 0 radical (unpaired) electrons. The third-order valence-electron chi connectivity index (χ3n) is 0. The molecule has 0 aromatic rings. The van der Waals surface area contributed by atoms with Crippen LogP contribution in [0.4, 0.5) is 0 Å². The zero-order valence-electron chi connectivity index (χ0n) is 8.07. The summed E-state index contributed by atoms with van der Waals surface area (Å²) in [6.07, 6.45) is 0. The first-order valence-electron chi connectivity index (χ1n) is 3.24. The minimum absolute atomic E-state index is 0.120. The van der Waals surface area contributed by atoms with Gasteiger partial charge in [-0.25, -0.2) is 0 Å². The molecule has 0 amide bonds. The molecule has 0 N–H and O–H groups in total. The van der Waals surface area contributed by atoms with Crippen LogP contribution in [-0.4, -0.2) is 40.0 Å². The van der Waals surface area contributed by atoms with E-state index in [1.165, 1.54) is 0 Å². The molecule has 0 saturated carbocycles. The van der Waals surface area contributed by atoms with Crippen LogP contribution >= 0.6 is 54.5 Å². The molecule has 0 atom stereocenters. The van der Waals surface area contributed by atoms with Crippen molar-refractivity contribution in [3.63, 3.8) is 0 Å². The number of rotatable bonds is 0. The summed E-state index contributed by atoms with van der Waals surface area (Å²) >= 11 is 5.30. The van der Waals surface area contributed by atoms with Crippen molar-refractivity contribution in [1.82, 2.24) is 0 Å². The van der Waals surface area contributed by atoms with Crippen LogP contribution in [0.15, 0.2) is 0 Å². The average molecular weight is 603 g/mol. The molecule has 0 aromatic carbocycles. The van der Waals surface area contributed by atoms with Crippen molar-refractivity contribution in [2.24, 2.45) is 0 Å². The van der Waals surface area contributed by atoms with Crippen molar-refractivity contribution in [2.75, 3.05) is 40.0 Å². The summed E-state index contributed by atoms with van der Waals surface area (Å²) < 4.78 is 0. The van der Waals surface area contributed by atoms with Gasteiger partial charge in [-0.15, -0.1) is 0 Å². The van der Waals surface area contributed by atoms with E-state index in [1.807, 2.05) is 0 Å². The normalized spacial score (nSPS) is 8.55. The fraction of sp³-hybridized carbons (Fsp3) is 1.00. The van der Waals surface area contributed by atoms with Gasteiger partial charge < -0.3 is 0 Å². The second kappa shape index (κ2) is 18.7. The van der Waals surface area contributed by atoms with E-state index in [0.29, 0.717) is 11.2 Å². The molecule has 0 aromatic heterocycles. The van der Waals surface area contributed by atoms with Gasteiger partial charge >= 0.3 is 49.9 Å². The molecule has 0 nitrogen and oxygen atoms in total. The minimum atomic E-state index is 0.120. The molecule has 0 aliphatic rings. The summed E-state index contributed by atoms with van der Waals surface area (Å²) in [5.74, 6) is 0. The predicted molar refractivity (Wildman–Crippen MR) is 80.2 cm³/mol. The maximum atomic E-state index is 2.39. The first-order valence-corrected chi connectivity index (χ1v) is 22.1. The van der Waals surface area contributed by atoms with Crippen LogP contribution < -0.4 is 0 Å². The van der Waals surface area contributed by atoms with Crippen LogP contribution in [-0.2, 0) is 11.2 Å².